The van der Waals surface area contributed by atoms with Gasteiger partial charge in [0, 0.05) is 16.8 Å². The molecule has 7 nitrogen and oxygen atoms in total. The number of nitrogens with two attached hydrogens (primary N) is 1. The predicted molar refractivity (Wildman–Crippen MR) is 261 cm³/mol. The lowest BCUT2D eigenvalue weighted by Crippen LogP contribution is -2.24. The number of ether oxygens (including phenoxy) is 1. The van der Waals surface area contributed by atoms with Crippen LogP contribution in [0.4, 0.5) is 17.1 Å². The van der Waals surface area contributed by atoms with E-state index < -0.39 is 11.6 Å². The zero-order valence-electron chi connectivity index (χ0n) is 38.5. The second-order valence-electron chi connectivity index (χ2n) is 19.3. The summed E-state index contributed by atoms with van der Waals surface area (Å²) in [4.78, 5) is 29.6. The molecule has 5 N–H and O–H groups in total. The number of phenolic OH excluding ortho intramolecular Hbond substituents is 2. The Morgan fingerprint density at radius 1 is 0.625 bits per heavy atom. The van der Waals surface area contributed by atoms with Gasteiger partial charge in [0.2, 0.25) is 11.6 Å². The summed E-state index contributed by atoms with van der Waals surface area (Å²) in [5.74, 6) is 1.57. The summed E-state index contributed by atoms with van der Waals surface area (Å²) >= 11 is 0. The molecule has 0 spiro atoms. The number of nitrogens with one attached hydrogen (secondary N) is 1. The maximum absolute atomic E-state index is 14.9. The number of carbonyl (C=O) groups excluding carboxylic acids is 2. The molecule has 64 heavy (non-hydrogen) atoms. The number of nitrogen functional groups attached to an aromatic ring is 1. The molecular weight excluding hydrogens is 793 g/mol. The molecule has 0 radical (unpaired) electrons. The van der Waals surface area contributed by atoms with Crippen LogP contribution in [0.1, 0.15) is 171 Å². The van der Waals surface area contributed by atoms with Crippen molar-refractivity contribution < 1.29 is 24.5 Å². The molecule has 0 aromatic heterocycles. The second-order valence-corrected chi connectivity index (χ2v) is 19.3. The fraction of sp³-hybridized carbons (Fsp3) is 0.439. The van der Waals surface area contributed by atoms with Gasteiger partial charge in [-0.1, -0.05) is 121 Å². The van der Waals surface area contributed by atoms with Crippen molar-refractivity contribution in [3.05, 3.63) is 118 Å². The number of phenols is 2. The Bertz CT molecular complexity index is 2430. The molecule has 5 aromatic rings. The number of ketones is 2. The van der Waals surface area contributed by atoms with Crippen molar-refractivity contribution in [1.82, 2.24) is 0 Å². The summed E-state index contributed by atoms with van der Waals surface area (Å²) in [6.45, 7) is 9.15. The van der Waals surface area contributed by atoms with Gasteiger partial charge in [-0.3, -0.25) is 9.59 Å². The molecule has 0 saturated heterocycles. The van der Waals surface area contributed by atoms with Crippen LogP contribution in [0.2, 0.25) is 0 Å². The molecular formula is C57H68N2O5. The third-order valence-corrected chi connectivity index (χ3v) is 14.8. The van der Waals surface area contributed by atoms with Gasteiger partial charge in [-0.2, -0.15) is 0 Å². The number of aromatic hydroxyl groups is 2. The van der Waals surface area contributed by atoms with Gasteiger partial charge in [-0.05, 0) is 140 Å². The van der Waals surface area contributed by atoms with E-state index in [-0.39, 0.29) is 45.0 Å². The lowest BCUT2D eigenvalue weighted by molar-refractivity contribution is 0.0975. The normalized spacial score (nSPS) is 19.6. The van der Waals surface area contributed by atoms with Crippen LogP contribution in [-0.2, 0) is 0 Å². The number of para-hydroxylation sites is 1. The minimum atomic E-state index is -0.613. The van der Waals surface area contributed by atoms with Crippen molar-refractivity contribution in [2.24, 2.45) is 17.8 Å². The molecule has 0 bridgehead atoms. The van der Waals surface area contributed by atoms with Crippen LogP contribution >= 0.6 is 0 Å². The van der Waals surface area contributed by atoms with Gasteiger partial charge in [0.25, 0.3) is 0 Å². The third kappa shape index (κ3) is 9.46. The van der Waals surface area contributed by atoms with Crippen molar-refractivity contribution in [3.63, 3.8) is 0 Å². The highest BCUT2D eigenvalue weighted by molar-refractivity contribution is 6.34. The first-order valence-electron chi connectivity index (χ1n) is 24.4. The molecule has 2 saturated carbocycles. The number of hydrogen-bond acceptors (Lipinski definition) is 7. The maximum Gasteiger partial charge on any atom is 0.200 e. The number of unbranched alkanes of at least 4 members (excludes halogenated alkanes) is 4. The van der Waals surface area contributed by atoms with Gasteiger partial charge in [0.05, 0.1) is 40.2 Å². The van der Waals surface area contributed by atoms with E-state index in [1.54, 1.807) is 0 Å². The van der Waals surface area contributed by atoms with Gasteiger partial charge in [0.15, 0.2) is 0 Å². The largest absolute Gasteiger partial charge is 0.507 e. The number of benzene rings is 5. The Morgan fingerprint density at radius 3 is 1.81 bits per heavy atom. The van der Waals surface area contributed by atoms with E-state index in [4.69, 9.17) is 10.5 Å². The fourth-order valence-corrected chi connectivity index (χ4v) is 11.1. The van der Waals surface area contributed by atoms with Crippen LogP contribution in [-0.4, -0.2) is 28.4 Å². The molecule has 7 heteroatoms. The molecule has 3 aliphatic carbocycles. The van der Waals surface area contributed by atoms with Crippen LogP contribution in [0.15, 0.2) is 78.9 Å². The number of hydrogen-bond donors (Lipinski definition) is 4. The summed E-state index contributed by atoms with van der Waals surface area (Å²) in [6, 6.07) is 25.0. The zero-order chi connectivity index (χ0) is 44.9. The van der Waals surface area contributed by atoms with Crippen LogP contribution in [0.3, 0.4) is 0 Å². The molecule has 2 fully saturated rings. The molecule has 5 aromatic carbocycles. The molecule has 8 rings (SSSR count). The molecule has 0 atom stereocenters. The fourth-order valence-electron chi connectivity index (χ4n) is 11.1. The monoisotopic (exact) mass is 861 g/mol. The second kappa shape index (κ2) is 20.1. The van der Waals surface area contributed by atoms with Crippen molar-refractivity contribution in [1.29, 1.82) is 0 Å². The van der Waals surface area contributed by atoms with Crippen LogP contribution < -0.4 is 15.8 Å². The summed E-state index contributed by atoms with van der Waals surface area (Å²) in [6.07, 6.45) is 20.3. The molecule has 336 valence electrons. The Kier molecular flexibility index (Phi) is 14.1. The smallest absolute Gasteiger partial charge is 0.200 e. The molecule has 0 aliphatic heterocycles. The van der Waals surface area contributed by atoms with E-state index in [1.807, 2.05) is 62.4 Å². The topological polar surface area (TPSA) is 122 Å². The van der Waals surface area contributed by atoms with E-state index in [2.05, 4.69) is 43.4 Å². The predicted octanol–water partition coefficient (Wildman–Crippen LogP) is 14.8. The van der Waals surface area contributed by atoms with Gasteiger partial charge in [-0.25, -0.2) is 0 Å². The first-order valence-corrected chi connectivity index (χ1v) is 24.4. The van der Waals surface area contributed by atoms with Crippen LogP contribution in [0, 0.1) is 31.6 Å². The van der Waals surface area contributed by atoms with Crippen molar-refractivity contribution in [2.75, 3.05) is 17.7 Å². The lowest BCUT2D eigenvalue weighted by atomic mass is 9.76. The quantitative estimate of drug-likeness (QED) is 0.0434. The van der Waals surface area contributed by atoms with Crippen molar-refractivity contribution in [3.8, 4) is 39.5 Å². The van der Waals surface area contributed by atoms with Gasteiger partial charge < -0.3 is 26.0 Å². The summed E-state index contributed by atoms with van der Waals surface area (Å²) < 4.78 is 6.48. The number of carbonyl (C=O) groups is 2. The van der Waals surface area contributed by atoms with Crippen LogP contribution in [0.25, 0.3) is 22.3 Å². The molecule has 0 unspecified atom stereocenters. The summed E-state index contributed by atoms with van der Waals surface area (Å²) in [5, 5.41) is 27.1. The summed E-state index contributed by atoms with van der Waals surface area (Å²) in [7, 11) is 0. The number of fused-ring (bicyclic) bond motifs is 2. The average Bonchev–Trinajstić information content (AvgIpc) is 3.30. The molecule has 0 amide bonds. The van der Waals surface area contributed by atoms with Crippen molar-refractivity contribution in [2.45, 2.75) is 136 Å². The lowest BCUT2D eigenvalue weighted by Gasteiger charge is -2.29. The SMILES string of the molecule is CCCCCC1CCC(COc2c(C)cc(-c3cc(O)c4c(c3O)C(=O)c3c(Nc5ccccc5)cc(-c5ccc(C6CCC(CCCCC)CC6)cc5)c(N)c3C4=O)cc2C)CC1. The first kappa shape index (κ1) is 45.0. The standard InChI is InChI=1S/C57H68N2O5/c1-5-7-10-14-37-18-20-39(21-19-37)34-64-57-35(3)30-43(31-36(57)4)46-33-48(60)50-52(54(46)61)55(62)49-47(59-44-16-12-9-13-17-44)32-45(53(58)51(49)56(50)63)42-28-26-41(27-29-42)40-24-22-38(23-25-40)15-11-8-6-2/h9,12-13,16-17,26-33,37-40,59-61H,5-8,10-11,14-15,18-25,34,58H2,1-4H3. The number of rotatable bonds is 16. The number of aryl methyl sites for hydroxylation is 2. The Hall–Kier alpha value is -5.56. The van der Waals surface area contributed by atoms with Crippen molar-refractivity contribution >= 4 is 28.6 Å². The van der Waals surface area contributed by atoms with E-state index in [1.165, 1.54) is 114 Å². The molecule has 3 aliphatic rings. The summed E-state index contributed by atoms with van der Waals surface area (Å²) in [5.41, 5.74) is 13.2. The van der Waals surface area contributed by atoms with Gasteiger partial charge in [0.1, 0.15) is 17.2 Å². The van der Waals surface area contributed by atoms with E-state index in [0.29, 0.717) is 35.3 Å². The highest BCUT2D eigenvalue weighted by Gasteiger charge is 2.40. The highest BCUT2D eigenvalue weighted by atomic mass is 16.5. The average molecular weight is 861 g/mol. The Morgan fingerprint density at radius 2 is 1.20 bits per heavy atom. The Labute approximate surface area is 380 Å². The minimum Gasteiger partial charge on any atom is -0.507 e. The van der Waals surface area contributed by atoms with E-state index in [9.17, 15) is 19.8 Å². The highest BCUT2D eigenvalue weighted by Crippen LogP contribution is 2.49. The molecule has 0 heterocycles. The Balaban J connectivity index is 1.08. The van der Waals surface area contributed by atoms with Gasteiger partial charge in [-0.15, -0.1) is 0 Å². The minimum absolute atomic E-state index is 0.0134. The van der Waals surface area contributed by atoms with E-state index in [0.717, 1.165) is 40.0 Å². The van der Waals surface area contributed by atoms with Crippen LogP contribution in [0.5, 0.6) is 17.2 Å². The first-order chi connectivity index (χ1) is 31.1. The maximum atomic E-state index is 14.9. The van der Waals surface area contributed by atoms with E-state index >= 15 is 0 Å². The zero-order valence-corrected chi connectivity index (χ0v) is 38.5. The number of anilines is 3. The third-order valence-electron chi connectivity index (χ3n) is 14.8. The van der Waals surface area contributed by atoms with Gasteiger partial charge >= 0.3 is 0 Å².